The lowest BCUT2D eigenvalue weighted by atomic mass is 10.1. The third kappa shape index (κ3) is 4.72. The number of carbonyl (C=O) groups excluding carboxylic acids is 1. The predicted octanol–water partition coefficient (Wildman–Crippen LogP) is 0.769. The van der Waals surface area contributed by atoms with E-state index in [2.05, 4.69) is 16.7 Å². The molecule has 1 amide bonds. The Morgan fingerprint density at radius 1 is 1.43 bits per heavy atom. The van der Waals surface area contributed by atoms with Crippen LogP contribution < -0.4 is 15.4 Å². The molecule has 0 radical (unpaired) electrons. The molecule has 3 N–H and O–H groups in total. The minimum atomic E-state index is -0.364. The molecule has 0 bridgehead atoms. The summed E-state index contributed by atoms with van der Waals surface area (Å²) >= 11 is 0. The molecule has 5 heteroatoms. The van der Waals surface area contributed by atoms with E-state index in [4.69, 9.17) is 4.74 Å². The SMILES string of the molecule is Cc1ccc(OCCC(=O)NCC2CNCC2O)c(C)c1. The molecular formula is C16H24N2O3. The van der Waals surface area contributed by atoms with E-state index in [1.165, 1.54) is 5.56 Å². The molecule has 116 valence electrons. The maximum atomic E-state index is 11.7. The first kappa shape index (κ1) is 15.8. The van der Waals surface area contributed by atoms with E-state index < -0.39 is 0 Å². The van der Waals surface area contributed by atoms with Crippen molar-refractivity contribution < 1.29 is 14.6 Å². The van der Waals surface area contributed by atoms with Crippen molar-refractivity contribution in [3.63, 3.8) is 0 Å². The van der Waals surface area contributed by atoms with E-state index in [0.29, 0.717) is 26.1 Å². The number of hydrogen-bond acceptors (Lipinski definition) is 4. The zero-order valence-electron chi connectivity index (χ0n) is 12.7. The van der Waals surface area contributed by atoms with Gasteiger partial charge >= 0.3 is 0 Å². The topological polar surface area (TPSA) is 70.6 Å². The molecule has 0 spiro atoms. The van der Waals surface area contributed by atoms with Gasteiger partial charge in [0.1, 0.15) is 5.75 Å². The van der Waals surface area contributed by atoms with Crippen LogP contribution in [0.3, 0.4) is 0 Å². The lowest BCUT2D eigenvalue weighted by molar-refractivity contribution is -0.121. The van der Waals surface area contributed by atoms with Crippen LogP contribution in [0, 0.1) is 19.8 Å². The summed E-state index contributed by atoms with van der Waals surface area (Å²) < 4.78 is 5.63. The average Bonchev–Trinajstić information content (AvgIpc) is 2.84. The predicted molar refractivity (Wildman–Crippen MR) is 81.4 cm³/mol. The number of β-amino-alcohol motifs (C(OH)–C–C–N with tert-alkyl or cyclic N) is 1. The van der Waals surface area contributed by atoms with E-state index in [0.717, 1.165) is 17.9 Å². The van der Waals surface area contributed by atoms with E-state index >= 15 is 0 Å². The number of hydrogen-bond donors (Lipinski definition) is 3. The van der Waals surface area contributed by atoms with Gasteiger partial charge in [-0.2, -0.15) is 0 Å². The van der Waals surface area contributed by atoms with Gasteiger partial charge in [0.15, 0.2) is 0 Å². The Hall–Kier alpha value is -1.59. The van der Waals surface area contributed by atoms with Crippen LogP contribution in [0.4, 0.5) is 0 Å². The second-order valence-corrected chi connectivity index (χ2v) is 5.66. The molecule has 1 aromatic carbocycles. The number of aliphatic hydroxyl groups excluding tert-OH is 1. The molecule has 5 nitrogen and oxygen atoms in total. The third-order valence-electron chi connectivity index (χ3n) is 3.78. The molecule has 1 saturated heterocycles. The first-order valence-corrected chi connectivity index (χ1v) is 7.42. The highest BCUT2D eigenvalue weighted by Gasteiger charge is 2.24. The smallest absolute Gasteiger partial charge is 0.223 e. The summed E-state index contributed by atoms with van der Waals surface area (Å²) in [5.74, 6) is 0.886. The number of ether oxygens (including phenoxy) is 1. The second-order valence-electron chi connectivity index (χ2n) is 5.66. The Morgan fingerprint density at radius 3 is 2.90 bits per heavy atom. The molecule has 21 heavy (non-hydrogen) atoms. The fraction of sp³-hybridized carbons (Fsp3) is 0.562. The van der Waals surface area contributed by atoms with Crippen LogP contribution in [0.5, 0.6) is 5.75 Å². The summed E-state index contributed by atoms with van der Waals surface area (Å²) in [5.41, 5.74) is 2.27. The standard InChI is InChI=1S/C16H24N2O3/c1-11-3-4-15(12(2)7-11)21-6-5-16(20)18-9-13-8-17-10-14(13)19/h3-4,7,13-14,17,19H,5-6,8-10H2,1-2H3,(H,18,20). The largest absolute Gasteiger partial charge is 0.493 e. The molecular weight excluding hydrogens is 268 g/mol. The highest BCUT2D eigenvalue weighted by Crippen LogP contribution is 2.18. The molecule has 1 aliphatic rings. The molecule has 0 aromatic heterocycles. The van der Waals surface area contributed by atoms with Gasteiger partial charge in [-0.15, -0.1) is 0 Å². The average molecular weight is 292 g/mol. The molecule has 2 unspecified atom stereocenters. The van der Waals surface area contributed by atoms with Crippen molar-refractivity contribution in [2.45, 2.75) is 26.4 Å². The van der Waals surface area contributed by atoms with Crippen LogP contribution in [0.1, 0.15) is 17.5 Å². The first-order valence-electron chi connectivity index (χ1n) is 7.42. The van der Waals surface area contributed by atoms with Crippen molar-refractivity contribution >= 4 is 5.91 Å². The molecule has 1 aliphatic heterocycles. The number of aliphatic hydroxyl groups is 1. The summed E-state index contributed by atoms with van der Waals surface area (Å²) in [6.45, 7) is 6.27. The van der Waals surface area contributed by atoms with E-state index in [-0.39, 0.29) is 17.9 Å². The highest BCUT2D eigenvalue weighted by molar-refractivity contribution is 5.76. The van der Waals surface area contributed by atoms with Crippen molar-refractivity contribution in [1.29, 1.82) is 0 Å². The summed E-state index contributed by atoms with van der Waals surface area (Å²) in [6, 6.07) is 5.99. The zero-order chi connectivity index (χ0) is 15.2. The van der Waals surface area contributed by atoms with Crippen molar-refractivity contribution in [1.82, 2.24) is 10.6 Å². The molecule has 0 aliphatic carbocycles. The summed E-state index contributed by atoms with van der Waals surface area (Å²) in [4.78, 5) is 11.7. The molecule has 1 fully saturated rings. The summed E-state index contributed by atoms with van der Waals surface area (Å²) in [6.07, 6.45) is -0.0411. The van der Waals surface area contributed by atoms with Crippen LogP contribution in [0.15, 0.2) is 18.2 Å². The van der Waals surface area contributed by atoms with Gasteiger partial charge in [0.25, 0.3) is 0 Å². The molecule has 1 aromatic rings. The van der Waals surface area contributed by atoms with E-state index in [1.54, 1.807) is 0 Å². The highest BCUT2D eigenvalue weighted by atomic mass is 16.5. The number of nitrogens with one attached hydrogen (secondary N) is 2. The Balaban J connectivity index is 1.67. The van der Waals surface area contributed by atoms with Crippen molar-refractivity contribution in [3.8, 4) is 5.75 Å². The van der Waals surface area contributed by atoms with Gasteiger partial charge in [-0.1, -0.05) is 17.7 Å². The summed E-state index contributed by atoms with van der Waals surface area (Å²) in [5, 5.41) is 15.6. The van der Waals surface area contributed by atoms with Crippen LogP contribution >= 0.6 is 0 Å². The number of carbonyl (C=O) groups is 1. The number of benzene rings is 1. The first-order chi connectivity index (χ1) is 10.1. The Labute approximate surface area is 125 Å². The van der Waals surface area contributed by atoms with Gasteiger partial charge in [-0.3, -0.25) is 4.79 Å². The maximum absolute atomic E-state index is 11.7. The van der Waals surface area contributed by atoms with Gasteiger partial charge < -0.3 is 20.5 Å². The molecule has 2 rings (SSSR count). The van der Waals surface area contributed by atoms with Crippen molar-refractivity contribution in [3.05, 3.63) is 29.3 Å². The molecule has 0 saturated carbocycles. The molecule has 1 heterocycles. The van der Waals surface area contributed by atoms with Crippen molar-refractivity contribution in [2.75, 3.05) is 26.2 Å². The van der Waals surface area contributed by atoms with E-state index in [9.17, 15) is 9.90 Å². The Kier molecular flexibility index (Phi) is 5.59. The maximum Gasteiger partial charge on any atom is 0.223 e. The minimum absolute atomic E-state index is 0.0427. The van der Waals surface area contributed by atoms with Crippen LogP contribution in [0.25, 0.3) is 0 Å². The van der Waals surface area contributed by atoms with Gasteiger partial charge in [-0.05, 0) is 25.5 Å². The lowest BCUT2D eigenvalue weighted by Crippen LogP contribution is -2.34. The molecule has 2 atom stereocenters. The van der Waals surface area contributed by atoms with Crippen LogP contribution in [-0.4, -0.2) is 43.4 Å². The Bertz CT molecular complexity index is 490. The van der Waals surface area contributed by atoms with Crippen molar-refractivity contribution in [2.24, 2.45) is 5.92 Å². The number of rotatable bonds is 6. The quantitative estimate of drug-likeness (QED) is 0.724. The Morgan fingerprint density at radius 2 is 2.24 bits per heavy atom. The third-order valence-corrected chi connectivity index (χ3v) is 3.78. The van der Waals surface area contributed by atoms with Gasteiger partial charge in [0.05, 0.1) is 19.1 Å². The fourth-order valence-corrected chi connectivity index (χ4v) is 2.48. The normalized spacial score (nSPS) is 21.3. The lowest BCUT2D eigenvalue weighted by Gasteiger charge is -2.14. The van der Waals surface area contributed by atoms with Crippen LogP contribution in [0.2, 0.25) is 0 Å². The second kappa shape index (κ2) is 7.43. The minimum Gasteiger partial charge on any atom is -0.493 e. The summed E-state index contributed by atoms with van der Waals surface area (Å²) in [7, 11) is 0. The van der Waals surface area contributed by atoms with Gasteiger partial charge in [-0.25, -0.2) is 0 Å². The number of aryl methyl sites for hydroxylation is 2. The number of amides is 1. The zero-order valence-corrected chi connectivity index (χ0v) is 12.7. The monoisotopic (exact) mass is 292 g/mol. The van der Waals surface area contributed by atoms with E-state index in [1.807, 2.05) is 26.0 Å². The van der Waals surface area contributed by atoms with Gasteiger partial charge in [0, 0.05) is 25.6 Å². The van der Waals surface area contributed by atoms with Crippen LogP contribution in [-0.2, 0) is 4.79 Å². The fourth-order valence-electron chi connectivity index (χ4n) is 2.48. The van der Waals surface area contributed by atoms with Gasteiger partial charge in [0.2, 0.25) is 5.91 Å².